The van der Waals surface area contributed by atoms with E-state index in [-0.39, 0.29) is 34.5 Å². The molecule has 47 heavy (non-hydrogen) atoms. The molecule has 5 aromatic rings. The number of aromatic nitrogens is 2. The maximum atomic E-state index is 13.0. The lowest BCUT2D eigenvalue weighted by molar-refractivity contribution is 0.594. The number of hydrogen-bond acceptors (Lipinski definition) is 12. The van der Waals surface area contributed by atoms with Crippen molar-refractivity contribution in [3.05, 3.63) is 87.3 Å². The Morgan fingerprint density at radius 2 is 1.17 bits per heavy atom. The van der Waals surface area contributed by atoms with Gasteiger partial charge in [-0.05, 0) is 72.6 Å². The van der Waals surface area contributed by atoms with Gasteiger partial charge in [-0.25, -0.2) is 33.7 Å². The Morgan fingerprint density at radius 3 is 1.62 bits per heavy atom. The van der Waals surface area contributed by atoms with Crippen molar-refractivity contribution in [1.29, 1.82) is 0 Å². The highest BCUT2D eigenvalue weighted by atomic mass is 79.9. The van der Waals surface area contributed by atoms with Crippen LogP contribution in [0, 0.1) is 0 Å². The summed E-state index contributed by atoms with van der Waals surface area (Å²) in [7, 11) is -12.9. The van der Waals surface area contributed by atoms with Crippen LogP contribution in [0.4, 0.5) is 0 Å². The monoisotopic (exact) mass is 819 g/mol. The highest BCUT2D eigenvalue weighted by molar-refractivity contribution is 9.10. The molecular weight excluding hydrogens is 791 g/mol. The number of sulfone groups is 4. The number of thiophene rings is 2. The standard InChI is InChI=1S/C16H17N3O4S3.C13H13BrO4S3/c1-19-10-12(9-18-19)11-5-14(25(2,20)21)7-15(6-11)26(22,23)16-4-3-13(8-17)24-16;1-3-10-4-5-13(19-10)21(17,18)12-7-9(14)6-11(8-12)20(2,15)16/h3-7,9-10H,8,17H2,1-2H3;4-8H,3H2,1-2H3. The molecule has 18 heteroatoms. The SMILES string of the molecule is CCc1ccc(S(=O)(=O)c2cc(Br)cc(S(C)(=O)=O)c2)s1.Cn1cc(-c2cc(S(C)(=O)=O)cc(S(=O)(=O)c3ccc(CN)s3)c2)cn1. The Bertz CT molecular complexity index is 2390. The molecule has 5 rings (SSSR count). The van der Waals surface area contributed by atoms with Gasteiger partial charge in [0.25, 0.3) is 0 Å². The number of benzene rings is 2. The van der Waals surface area contributed by atoms with Gasteiger partial charge in [0.05, 0.1) is 25.8 Å². The van der Waals surface area contributed by atoms with E-state index in [2.05, 4.69) is 21.0 Å². The Labute approximate surface area is 290 Å². The van der Waals surface area contributed by atoms with Crippen LogP contribution in [0.1, 0.15) is 16.7 Å². The Kier molecular flexibility index (Phi) is 11.1. The van der Waals surface area contributed by atoms with Gasteiger partial charge in [-0.1, -0.05) is 22.9 Å². The third kappa shape index (κ3) is 8.66. The van der Waals surface area contributed by atoms with E-state index in [1.807, 2.05) is 6.92 Å². The van der Waals surface area contributed by atoms with Crippen molar-refractivity contribution in [3.8, 4) is 11.1 Å². The maximum Gasteiger partial charge on any atom is 0.216 e. The lowest BCUT2D eigenvalue weighted by atomic mass is 10.1. The largest absolute Gasteiger partial charge is 0.326 e. The molecule has 0 aliphatic heterocycles. The topological polar surface area (TPSA) is 180 Å². The molecular formula is C29H30BrN3O8S6. The molecule has 0 spiro atoms. The average molecular weight is 821 g/mol. The average Bonchev–Trinajstić information content (AvgIpc) is 3.77. The van der Waals surface area contributed by atoms with Crippen molar-refractivity contribution in [3.63, 3.8) is 0 Å². The molecule has 0 amide bonds. The zero-order valence-corrected chi connectivity index (χ0v) is 31.9. The normalized spacial score (nSPS) is 12.5. The predicted octanol–water partition coefficient (Wildman–Crippen LogP) is 5.15. The van der Waals surface area contributed by atoms with Gasteiger partial charge in [0.1, 0.15) is 8.42 Å². The van der Waals surface area contributed by atoms with E-state index in [1.165, 1.54) is 53.8 Å². The van der Waals surface area contributed by atoms with Gasteiger partial charge in [0.2, 0.25) is 19.7 Å². The van der Waals surface area contributed by atoms with Gasteiger partial charge in [-0.15, -0.1) is 22.7 Å². The zero-order chi connectivity index (χ0) is 34.9. The van der Waals surface area contributed by atoms with Crippen LogP contribution in [0.25, 0.3) is 11.1 Å². The molecule has 0 unspecified atom stereocenters. The van der Waals surface area contributed by atoms with Crippen LogP contribution < -0.4 is 5.73 Å². The minimum atomic E-state index is -3.86. The summed E-state index contributed by atoms with van der Waals surface area (Å²) in [4.78, 5) is 1.50. The quantitative estimate of drug-likeness (QED) is 0.209. The van der Waals surface area contributed by atoms with E-state index in [4.69, 9.17) is 5.73 Å². The van der Waals surface area contributed by atoms with Crippen molar-refractivity contribution in [2.45, 2.75) is 47.9 Å². The highest BCUT2D eigenvalue weighted by Crippen LogP contribution is 2.33. The van der Waals surface area contributed by atoms with Crippen molar-refractivity contribution in [1.82, 2.24) is 9.78 Å². The van der Waals surface area contributed by atoms with Gasteiger partial charge in [-0.2, -0.15) is 5.10 Å². The summed E-state index contributed by atoms with van der Waals surface area (Å²) in [6.07, 6.45) is 6.09. The Hall–Kier alpha value is -2.71. The van der Waals surface area contributed by atoms with Crippen molar-refractivity contribution in [2.75, 3.05) is 12.5 Å². The number of nitrogens with two attached hydrogens (primary N) is 1. The molecule has 0 saturated carbocycles. The molecule has 0 bridgehead atoms. The molecule has 0 aliphatic rings. The van der Waals surface area contributed by atoms with E-state index < -0.39 is 39.3 Å². The van der Waals surface area contributed by atoms with Crippen LogP contribution >= 0.6 is 38.6 Å². The molecule has 3 heterocycles. The lowest BCUT2D eigenvalue weighted by Crippen LogP contribution is -2.04. The minimum absolute atomic E-state index is 0.0253. The number of rotatable bonds is 9. The van der Waals surface area contributed by atoms with E-state index in [0.29, 0.717) is 15.6 Å². The van der Waals surface area contributed by atoms with Crippen LogP contribution in [-0.4, -0.2) is 56.0 Å². The molecule has 0 radical (unpaired) electrons. The molecule has 252 valence electrons. The van der Waals surface area contributed by atoms with Gasteiger partial charge < -0.3 is 5.73 Å². The molecule has 0 aliphatic carbocycles. The summed E-state index contributed by atoms with van der Waals surface area (Å²) < 4.78 is 101. The zero-order valence-electron chi connectivity index (χ0n) is 25.4. The lowest BCUT2D eigenvalue weighted by Gasteiger charge is -2.08. The molecule has 0 saturated heterocycles. The molecule has 3 aromatic heterocycles. The van der Waals surface area contributed by atoms with Crippen molar-refractivity contribution in [2.24, 2.45) is 12.8 Å². The summed E-state index contributed by atoms with van der Waals surface area (Å²) in [5.74, 6) is 0. The third-order valence-corrected chi connectivity index (χ3v) is 16.0. The van der Waals surface area contributed by atoms with Crippen LogP contribution in [-0.2, 0) is 59.4 Å². The summed E-state index contributed by atoms with van der Waals surface area (Å²) in [5, 5.41) is 4.06. The summed E-state index contributed by atoms with van der Waals surface area (Å²) in [5.41, 5.74) is 6.65. The number of aryl methyl sites for hydroxylation is 2. The van der Waals surface area contributed by atoms with E-state index in [0.717, 1.165) is 40.0 Å². The van der Waals surface area contributed by atoms with Crippen molar-refractivity contribution < 1.29 is 33.7 Å². The van der Waals surface area contributed by atoms with E-state index in [1.54, 1.807) is 42.3 Å². The van der Waals surface area contributed by atoms with E-state index >= 15 is 0 Å². The van der Waals surface area contributed by atoms with Gasteiger partial charge in [0.15, 0.2) is 19.7 Å². The predicted molar refractivity (Wildman–Crippen MR) is 186 cm³/mol. The third-order valence-electron chi connectivity index (χ3n) is 6.59. The molecule has 11 nitrogen and oxygen atoms in total. The van der Waals surface area contributed by atoms with Crippen LogP contribution in [0.2, 0.25) is 0 Å². The maximum absolute atomic E-state index is 13.0. The molecule has 0 atom stereocenters. The van der Waals surface area contributed by atoms with Crippen molar-refractivity contribution >= 4 is 78.0 Å². The fourth-order valence-electron chi connectivity index (χ4n) is 4.12. The smallest absolute Gasteiger partial charge is 0.216 e. The molecule has 2 N–H and O–H groups in total. The molecule has 0 fully saturated rings. The van der Waals surface area contributed by atoms with Crippen LogP contribution in [0.3, 0.4) is 0 Å². The fraction of sp³-hybridized carbons (Fsp3) is 0.207. The summed E-state index contributed by atoms with van der Waals surface area (Å²) in [6.45, 7) is 2.19. The molecule has 2 aromatic carbocycles. The first-order valence-electron chi connectivity index (χ1n) is 13.5. The van der Waals surface area contributed by atoms with Gasteiger partial charge >= 0.3 is 0 Å². The Balaban J connectivity index is 0.000000218. The minimum Gasteiger partial charge on any atom is -0.326 e. The number of nitrogens with zero attached hydrogens (tertiary/aromatic N) is 2. The van der Waals surface area contributed by atoms with Crippen LogP contribution in [0.15, 0.2) is 106 Å². The first-order chi connectivity index (χ1) is 21.7. The van der Waals surface area contributed by atoms with Gasteiger partial charge in [-0.3, -0.25) is 4.68 Å². The first-order valence-corrected chi connectivity index (χ1v) is 22.7. The number of hydrogen-bond donors (Lipinski definition) is 1. The second-order valence-corrected chi connectivity index (χ2v) is 21.9. The Morgan fingerprint density at radius 1 is 0.702 bits per heavy atom. The highest BCUT2D eigenvalue weighted by Gasteiger charge is 2.25. The number of halogens is 1. The van der Waals surface area contributed by atoms with Gasteiger partial charge in [0, 0.05) is 52.1 Å². The van der Waals surface area contributed by atoms with E-state index in [9.17, 15) is 33.7 Å². The summed E-state index contributed by atoms with van der Waals surface area (Å²) in [6, 6.07) is 14.6. The van der Waals surface area contributed by atoms with Crippen LogP contribution in [0.5, 0.6) is 0 Å². The summed E-state index contributed by atoms with van der Waals surface area (Å²) >= 11 is 5.44. The second-order valence-electron chi connectivity index (χ2n) is 10.3. The fourth-order valence-corrected chi connectivity index (χ4v) is 11.9. The first kappa shape index (κ1) is 37.1. The second kappa shape index (κ2) is 14.0.